The summed E-state index contributed by atoms with van der Waals surface area (Å²) in [5, 5.41) is 0.413. The fourth-order valence-electron chi connectivity index (χ4n) is 1.21. The van der Waals surface area contributed by atoms with E-state index in [9.17, 15) is 9.18 Å². The molecule has 0 saturated heterocycles. The number of carbonyl (C=O) groups is 1. The van der Waals surface area contributed by atoms with Crippen LogP contribution in [0.3, 0.4) is 0 Å². The minimum atomic E-state index is -0.514. The van der Waals surface area contributed by atoms with Crippen LogP contribution < -0.4 is 5.73 Å². The molecule has 0 aliphatic carbocycles. The predicted octanol–water partition coefficient (Wildman–Crippen LogP) is 1.16. The van der Waals surface area contributed by atoms with Crippen molar-refractivity contribution in [3.05, 3.63) is 29.8 Å². The number of nitrogens with zero attached hydrogens (tertiary/aromatic N) is 2. The summed E-state index contributed by atoms with van der Waals surface area (Å²) in [6, 6.07) is 4.36. The van der Waals surface area contributed by atoms with Crippen LogP contribution in [0.15, 0.2) is 18.2 Å². The van der Waals surface area contributed by atoms with Crippen molar-refractivity contribution in [2.45, 2.75) is 0 Å². The zero-order valence-corrected chi connectivity index (χ0v) is 7.07. The van der Waals surface area contributed by atoms with Gasteiger partial charge in [-0.25, -0.2) is 14.4 Å². The van der Waals surface area contributed by atoms with Crippen LogP contribution in [-0.4, -0.2) is 16.3 Å². The number of rotatable bonds is 1. The molecule has 0 atom stereocenters. The Bertz CT molecular complexity index is 513. The first-order valence-electron chi connectivity index (χ1n) is 3.89. The second-order valence-corrected chi connectivity index (χ2v) is 2.72. The average molecular weight is 191 g/mol. The number of hydrogen-bond acceptors (Lipinski definition) is 4. The molecule has 4 nitrogen and oxygen atoms in total. The number of nitrogens with two attached hydrogens (primary N) is 1. The molecule has 1 aromatic heterocycles. The molecule has 0 amide bonds. The SMILES string of the molecule is Nc1nc(C=O)nc2c(F)cccc12. The van der Waals surface area contributed by atoms with Gasteiger partial charge in [0, 0.05) is 5.39 Å². The van der Waals surface area contributed by atoms with E-state index < -0.39 is 5.82 Å². The summed E-state index contributed by atoms with van der Waals surface area (Å²) >= 11 is 0. The lowest BCUT2D eigenvalue weighted by molar-refractivity contribution is 0.111. The van der Waals surface area contributed by atoms with Gasteiger partial charge in [0.05, 0.1) is 0 Å². The number of hydrogen-bond donors (Lipinski definition) is 1. The van der Waals surface area contributed by atoms with Crippen molar-refractivity contribution in [1.29, 1.82) is 0 Å². The molecule has 14 heavy (non-hydrogen) atoms. The number of anilines is 1. The van der Waals surface area contributed by atoms with Crippen molar-refractivity contribution in [3.63, 3.8) is 0 Å². The van der Waals surface area contributed by atoms with Crippen molar-refractivity contribution < 1.29 is 9.18 Å². The van der Waals surface area contributed by atoms with E-state index >= 15 is 0 Å². The number of fused-ring (bicyclic) bond motifs is 1. The predicted molar refractivity (Wildman–Crippen MR) is 49.3 cm³/mol. The molecular formula is C9H6FN3O. The second kappa shape index (κ2) is 3.02. The van der Waals surface area contributed by atoms with Gasteiger partial charge in [-0.3, -0.25) is 4.79 Å². The second-order valence-electron chi connectivity index (χ2n) is 2.72. The van der Waals surface area contributed by atoms with Crippen LogP contribution in [0.2, 0.25) is 0 Å². The van der Waals surface area contributed by atoms with E-state index in [0.29, 0.717) is 11.7 Å². The third-order valence-corrected chi connectivity index (χ3v) is 1.83. The number of carbonyl (C=O) groups excluding carboxylic acids is 1. The van der Waals surface area contributed by atoms with Crippen LogP contribution in [-0.2, 0) is 0 Å². The van der Waals surface area contributed by atoms with Crippen LogP contribution in [0.4, 0.5) is 10.2 Å². The molecule has 2 N–H and O–H groups in total. The molecule has 5 heteroatoms. The first-order chi connectivity index (χ1) is 6.72. The van der Waals surface area contributed by atoms with E-state index in [1.165, 1.54) is 12.1 Å². The van der Waals surface area contributed by atoms with Gasteiger partial charge in [0.15, 0.2) is 12.1 Å². The third kappa shape index (κ3) is 1.19. The summed E-state index contributed by atoms with van der Waals surface area (Å²) in [6.07, 6.45) is 0.433. The Morgan fingerprint density at radius 3 is 2.86 bits per heavy atom. The molecule has 70 valence electrons. The Morgan fingerprint density at radius 1 is 1.36 bits per heavy atom. The highest BCUT2D eigenvalue weighted by molar-refractivity contribution is 5.90. The molecule has 1 aromatic carbocycles. The molecule has 0 aliphatic heterocycles. The topological polar surface area (TPSA) is 68.9 Å². The highest BCUT2D eigenvalue weighted by Gasteiger charge is 2.07. The van der Waals surface area contributed by atoms with Crippen LogP contribution in [0.25, 0.3) is 10.9 Å². The lowest BCUT2D eigenvalue weighted by Crippen LogP contribution is -2.00. The number of nitrogen functional groups attached to an aromatic ring is 1. The number of para-hydroxylation sites is 1. The smallest absolute Gasteiger partial charge is 0.195 e. The summed E-state index contributed by atoms with van der Waals surface area (Å²) < 4.78 is 13.2. The Balaban J connectivity index is 2.90. The van der Waals surface area contributed by atoms with Gasteiger partial charge >= 0.3 is 0 Å². The van der Waals surface area contributed by atoms with Crippen molar-refractivity contribution in [1.82, 2.24) is 9.97 Å². The first-order valence-corrected chi connectivity index (χ1v) is 3.89. The lowest BCUT2D eigenvalue weighted by Gasteiger charge is -2.01. The summed E-state index contributed by atoms with van der Waals surface area (Å²) in [4.78, 5) is 17.8. The lowest BCUT2D eigenvalue weighted by atomic mass is 10.2. The Morgan fingerprint density at radius 2 is 2.14 bits per heavy atom. The van der Waals surface area contributed by atoms with E-state index in [4.69, 9.17) is 5.73 Å². The molecule has 0 bridgehead atoms. The number of aromatic nitrogens is 2. The number of halogens is 1. The minimum Gasteiger partial charge on any atom is -0.383 e. The molecule has 2 aromatic rings. The van der Waals surface area contributed by atoms with Gasteiger partial charge in [0.25, 0.3) is 0 Å². The maximum atomic E-state index is 13.2. The van der Waals surface area contributed by atoms with E-state index in [1.54, 1.807) is 6.07 Å². The maximum absolute atomic E-state index is 13.2. The van der Waals surface area contributed by atoms with Gasteiger partial charge in [-0.2, -0.15) is 0 Å². The van der Waals surface area contributed by atoms with Gasteiger partial charge in [-0.1, -0.05) is 6.07 Å². The normalized spacial score (nSPS) is 10.4. The highest BCUT2D eigenvalue weighted by atomic mass is 19.1. The highest BCUT2D eigenvalue weighted by Crippen LogP contribution is 2.19. The molecule has 2 rings (SSSR count). The van der Waals surface area contributed by atoms with Crippen LogP contribution in [0.5, 0.6) is 0 Å². The van der Waals surface area contributed by atoms with Gasteiger partial charge < -0.3 is 5.73 Å². The third-order valence-electron chi connectivity index (χ3n) is 1.83. The standard InChI is InChI=1S/C9H6FN3O/c10-6-3-1-2-5-8(6)12-7(4-14)13-9(5)11/h1-4H,(H2,11,12,13). The molecule has 0 unspecified atom stereocenters. The zero-order valence-electron chi connectivity index (χ0n) is 7.07. The fourth-order valence-corrected chi connectivity index (χ4v) is 1.21. The van der Waals surface area contributed by atoms with Gasteiger partial charge in [-0.05, 0) is 12.1 Å². The molecule has 0 saturated carbocycles. The molecule has 0 aliphatic rings. The average Bonchev–Trinajstić information content (AvgIpc) is 2.19. The largest absolute Gasteiger partial charge is 0.383 e. The molecule has 1 heterocycles. The van der Waals surface area contributed by atoms with Crippen molar-refractivity contribution in [3.8, 4) is 0 Å². The van der Waals surface area contributed by atoms with Crippen LogP contribution >= 0.6 is 0 Å². The van der Waals surface area contributed by atoms with E-state index in [-0.39, 0.29) is 17.2 Å². The van der Waals surface area contributed by atoms with Crippen molar-refractivity contribution in [2.24, 2.45) is 0 Å². The fraction of sp³-hybridized carbons (Fsp3) is 0. The minimum absolute atomic E-state index is 0.0714. The van der Waals surface area contributed by atoms with Gasteiger partial charge in [0.2, 0.25) is 0 Å². The quantitative estimate of drug-likeness (QED) is 0.687. The van der Waals surface area contributed by atoms with E-state index in [0.717, 1.165) is 0 Å². The van der Waals surface area contributed by atoms with E-state index in [1.807, 2.05) is 0 Å². The van der Waals surface area contributed by atoms with Crippen LogP contribution in [0, 0.1) is 5.82 Å². The van der Waals surface area contributed by atoms with Crippen molar-refractivity contribution >= 4 is 23.0 Å². The van der Waals surface area contributed by atoms with Crippen LogP contribution in [0.1, 0.15) is 10.6 Å². The van der Waals surface area contributed by atoms with Gasteiger partial charge in [0.1, 0.15) is 17.2 Å². The molecule has 0 spiro atoms. The Hall–Kier alpha value is -2.04. The van der Waals surface area contributed by atoms with Gasteiger partial charge in [-0.15, -0.1) is 0 Å². The first kappa shape index (κ1) is 8.55. The Kier molecular flexibility index (Phi) is 1.85. The monoisotopic (exact) mass is 191 g/mol. The summed E-state index contributed by atoms with van der Waals surface area (Å²) in [5.74, 6) is -0.517. The summed E-state index contributed by atoms with van der Waals surface area (Å²) in [6.45, 7) is 0. The zero-order chi connectivity index (χ0) is 10.1. The van der Waals surface area contributed by atoms with E-state index in [2.05, 4.69) is 9.97 Å². The summed E-state index contributed by atoms with van der Waals surface area (Å²) in [5.41, 5.74) is 5.60. The maximum Gasteiger partial charge on any atom is 0.195 e. The molecule has 0 radical (unpaired) electrons. The Labute approximate surface area is 78.6 Å². The van der Waals surface area contributed by atoms with Crippen molar-refractivity contribution in [2.75, 3.05) is 5.73 Å². The number of aldehydes is 1. The molecule has 0 fully saturated rings. The summed E-state index contributed by atoms with van der Waals surface area (Å²) in [7, 11) is 0. The number of benzene rings is 1. The molecular weight excluding hydrogens is 185 g/mol.